The van der Waals surface area contributed by atoms with Gasteiger partial charge in [0.2, 0.25) is 11.8 Å². The van der Waals surface area contributed by atoms with Crippen LogP contribution in [0.2, 0.25) is 0 Å². The average molecular weight is 1230 g/mol. The Kier molecular flexibility index (Phi) is 25.4. The van der Waals surface area contributed by atoms with Crippen molar-refractivity contribution in [1.29, 1.82) is 0 Å². The monoisotopic (exact) mass is 1230 g/mol. The number of carbonyl (C=O) groups excluding carboxylic acids is 5. The third kappa shape index (κ3) is 19.1. The molecular weight excluding hydrogens is 1150 g/mol. The summed E-state index contributed by atoms with van der Waals surface area (Å²) < 4.78 is 52.7. The molecule has 6 N–H and O–H groups in total. The van der Waals surface area contributed by atoms with Crippen molar-refractivity contribution in [3.8, 4) is 28.1 Å². The van der Waals surface area contributed by atoms with E-state index in [1.165, 1.54) is 12.1 Å². The van der Waals surface area contributed by atoms with E-state index < -0.39 is 60.1 Å². The Hall–Kier alpha value is -8.23. The van der Waals surface area contributed by atoms with Gasteiger partial charge < -0.3 is 58.9 Å². The zero-order chi connectivity index (χ0) is 63.1. The van der Waals surface area contributed by atoms with E-state index in [4.69, 9.17) is 28.4 Å². The Labute approximate surface area is 515 Å². The number of hydrogen-bond donors (Lipinski definition) is 6. The second-order valence-corrected chi connectivity index (χ2v) is 21.9. The van der Waals surface area contributed by atoms with Crippen LogP contribution in [0.4, 0.5) is 15.8 Å². The number of para-hydroxylation sites is 1. The molecule has 4 aromatic carbocycles. The van der Waals surface area contributed by atoms with Gasteiger partial charge in [-0.3, -0.25) is 39.0 Å². The Bertz CT molecular complexity index is 3320. The van der Waals surface area contributed by atoms with E-state index in [2.05, 4.69) is 26.3 Å². The highest BCUT2D eigenvalue weighted by Crippen LogP contribution is 2.44. The molecule has 0 aliphatic carbocycles. The van der Waals surface area contributed by atoms with E-state index in [0.29, 0.717) is 137 Å². The van der Waals surface area contributed by atoms with Crippen molar-refractivity contribution in [2.24, 2.45) is 0 Å². The zero-order valence-corrected chi connectivity index (χ0v) is 50.2. The molecule has 24 heteroatoms. The molecule has 476 valence electrons. The number of halogens is 1. The summed E-state index contributed by atoms with van der Waals surface area (Å²) in [7, 11) is 0. The Balaban J connectivity index is 0.696. The van der Waals surface area contributed by atoms with Crippen molar-refractivity contribution in [3.05, 3.63) is 137 Å². The highest BCUT2D eigenvalue weighted by molar-refractivity contribution is 6.25. The van der Waals surface area contributed by atoms with Crippen LogP contribution in [-0.2, 0) is 57.6 Å². The van der Waals surface area contributed by atoms with Gasteiger partial charge in [0.1, 0.15) is 17.6 Å². The molecule has 2 aliphatic heterocycles. The Morgan fingerprint density at radius 3 is 2.10 bits per heavy atom. The van der Waals surface area contributed by atoms with Crippen LogP contribution in [0.5, 0.6) is 5.75 Å². The average Bonchev–Trinajstić information content (AvgIpc) is 2.28. The maximum absolute atomic E-state index is 14.7. The van der Waals surface area contributed by atoms with Crippen LogP contribution in [0.1, 0.15) is 114 Å². The number of benzene rings is 4. The van der Waals surface area contributed by atoms with Crippen LogP contribution in [0, 0.1) is 5.82 Å². The number of anilines is 2. The van der Waals surface area contributed by atoms with E-state index in [1.54, 1.807) is 47.1 Å². The summed E-state index contributed by atoms with van der Waals surface area (Å²) in [5.74, 6) is -3.80. The first-order chi connectivity index (χ1) is 43.2. The molecule has 1 saturated heterocycles. The summed E-state index contributed by atoms with van der Waals surface area (Å²) in [5.41, 5.74) is 5.96. The molecule has 2 aromatic heterocycles. The smallest absolute Gasteiger partial charge is 0.305 e. The predicted molar refractivity (Wildman–Crippen MR) is 326 cm³/mol. The van der Waals surface area contributed by atoms with Crippen molar-refractivity contribution in [2.75, 3.05) is 89.9 Å². The predicted octanol–water partition coefficient (Wildman–Crippen LogP) is 7.29. The summed E-state index contributed by atoms with van der Waals surface area (Å²) in [4.78, 5) is 77.2. The number of aliphatic hydroxyl groups is 2. The van der Waals surface area contributed by atoms with E-state index in [-0.39, 0.29) is 55.2 Å². The second kappa shape index (κ2) is 33.9. The van der Waals surface area contributed by atoms with Gasteiger partial charge in [0.15, 0.2) is 0 Å². The number of carboxylic acid groups (broad SMARTS) is 1. The molecule has 0 bridgehead atoms. The topological polar surface area (TPSA) is 293 Å². The number of carbonyl (C=O) groups is 6. The van der Waals surface area contributed by atoms with Crippen molar-refractivity contribution < 1.29 is 76.9 Å². The lowest BCUT2D eigenvalue weighted by atomic mass is 9.94. The maximum Gasteiger partial charge on any atom is 0.305 e. The number of piperidine rings is 1. The van der Waals surface area contributed by atoms with Gasteiger partial charge in [0.05, 0.1) is 126 Å². The quantitative estimate of drug-likeness (QED) is 0.0163. The lowest BCUT2D eigenvalue weighted by molar-refractivity contribution is -0.140. The largest absolute Gasteiger partial charge is 0.494 e. The van der Waals surface area contributed by atoms with Crippen LogP contribution in [0.3, 0.4) is 0 Å². The molecule has 5 amide bonds. The summed E-state index contributed by atoms with van der Waals surface area (Å²) in [6, 6.07) is 26.5. The van der Waals surface area contributed by atoms with Crippen molar-refractivity contribution in [2.45, 2.75) is 109 Å². The van der Waals surface area contributed by atoms with Gasteiger partial charge in [-0.25, -0.2) is 9.07 Å². The summed E-state index contributed by atoms with van der Waals surface area (Å²) >= 11 is 0. The lowest BCUT2D eigenvalue weighted by Crippen LogP contribution is -2.54. The third-order valence-electron chi connectivity index (χ3n) is 14.9. The fraction of sp³-hybridized carbons (Fsp3) is 0.446. The first-order valence-corrected chi connectivity index (χ1v) is 30.2. The van der Waals surface area contributed by atoms with Crippen molar-refractivity contribution in [1.82, 2.24) is 29.8 Å². The number of nitrogens with zero attached hydrogens (tertiary/aromatic N) is 5. The van der Waals surface area contributed by atoms with Crippen LogP contribution in [0.25, 0.3) is 22.4 Å². The number of hydrogen-bond acceptors (Lipinski definition) is 17. The number of imide groups is 2. The Morgan fingerprint density at radius 1 is 0.730 bits per heavy atom. The minimum atomic E-state index is -1.24. The molecule has 23 nitrogen and oxygen atoms in total. The molecule has 1 unspecified atom stereocenters. The normalized spacial score (nSPS) is 14.7. The number of aliphatic hydroxyl groups excluding tert-OH is 2. The number of carboxylic acids is 1. The number of unbranched alkanes of at least 4 members (excludes halogenated alkanes) is 2. The minimum absolute atomic E-state index is 0.0484. The fourth-order valence-corrected chi connectivity index (χ4v) is 10.7. The van der Waals surface area contributed by atoms with Crippen molar-refractivity contribution in [3.63, 3.8) is 0 Å². The van der Waals surface area contributed by atoms with Gasteiger partial charge >= 0.3 is 5.97 Å². The van der Waals surface area contributed by atoms with Gasteiger partial charge in [0.25, 0.3) is 17.7 Å². The van der Waals surface area contributed by atoms with Gasteiger partial charge in [-0.1, -0.05) is 55.5 Å². The first-order valence-electron chi connectivity index (χ1n) is 30.2. The van der Waals surface area contributed by atoms with E-state index in [1.807, 2.05) is 67.1 Å². The molecule has 6 aromatic rings. The van der Waals surface area contributed by atoms with E-state index >= 15 is 0 Å². The molecule has 1 fully saturated rings. The molecule has 3 atom stereocenters. The first kappa shape index (κ1) is 66.7. The van der Waals surface area contributed by atoms with Gasteiger partial charge in [0, 0.05) is 48.3 Å². The number of nitrogens with one attached hydrogen (secondary N) is 3. The lowest BCUT2D eigenvalue weighted by Gasteiger charge is -2.27. The van der Waals surface area contributed by atoms with E-state index in [9.17, 15) is 48.5 Å². The maximum atomic E-state index is 14.7. The molecule has 0 radical (unpaired) electrons. The molecular formula is C65H79FN8O15. The number of ether oxygens (including phenoxy) is 6. The van der Waals surface area contributed by atoms with Crippen LogP contribution >= 0.6 is 0 Å². The zero-order valence-electron chi connectivity index (χ0n) is 50.2. The number of aryl methyl sites for hydroxylation is 1. The molecule has 89 heavy (non-hydrogen) atoms. The molecule has 8 rings (SSSR count). The third-order valence-corrected chi connectivity index (χ3v) is 14.9. The molecule has 0 spiro atoms. The number of fused-ring (bicyclic) bond motifs is 1. The number of rotatable bonds is 39. The van der Waals surface area contributed by atoms with Gasteiger partial charge in [-0.05, 0) is 123 Å². The summed E-state index contributed by atoms with van der Waals surface area (Å²) in [6.45, 7) is 9.35. The van der Waals surface area contributed by atoms with Crippen LogP contribution in [-0.4, -0.2) is 173 Å². The minimum Gasteiger partial charge on any atom is -0.494 e. The van der Waals surface area contributed by atoms with Crippen LogP contribution < -0.4 is 20.7 Å². The van der Waals surface area contributed by atoms with Gasteiger partial charge in [-0.15, -0.1) is 5.10 Å². The molecule has 4 heterocycles. The fourth-order valence-electron chi connectivity index (χ4n) is 10.7. The van der Waals surface area contributed by atoms with Crippen molar-refractivity contribution >= 4 is 46.9 Å². The summed E-state index contributed by atoms with van der Waals surface area (Å²) in [6.07, 6.45) is 2.50. The van der Waals surface area contributed by atoms with E-state index in [0.717, 1.165) is 36.3 Å². The Morgan fingerprint density at radius 2 is 1.42 bits per heavy atom. The molecule has 0 saturated carbocycles. The highest BCUT2D eigenvalue weighted by atomic mass is 19.1. The SMILES string of the molecule is CC(C)c1c(C(=O)Nc2ccccc2)c(-c2cccc(OCCCCCc3cn(CCOCCOCCOCCOCCOCCNc4cccc5c4C(=O)N(C4CCC(=O)NC4=O)C5=O)nn3)c2)c(-c2ccc(F)cc2)n1CC[C@@H](O)C[C@@H](O)CC(=O)O. The number of aromatic nitrogens is 4. The second-order valence-electron chi connectivity index (χ2n) is 21.9. The highest BCUT2D eigenvalue weighted by Gasteiger charge is 2.45. The van der Waals surface area contributed by atoms with Gasteiger partial charge in [-0.2, -0.15) is 0 Å². The number of amides is 5. The number of aliphatic carboxylic acids is 1. The molecule has 2 aliphatic rings. The van der Waals surface area contributed by atoms with Crippen LogP contribution in [0.15, 0.2) is 103 Å². The summed E-state index contributed by atoms with van der Waals surface area (Å²) in [5, 5.41) is 47.6. The standard InChI is InChI=1S/C65H79FN8O15/c1-43(2)60-59(63(81)68-47-12-5-3-6-13-47)57(61(44-18-20-46(66)21-19-44)73(60)26-24-49(75)40-50(76)41-56(78)79)45-11-9-15-51(39-45)89-28-8-4-7-14-48-42-72(71-70-48)27-30-85-32-34-87-36-38-88-37-35-86-33-31-84-29-25-67-53-17-10-16-52-58(53)65(83)74(64(52)82)54-22-23-55(77)69-62(54)80/h3,5-6,9-13,15-21,39,42-43,49-50,54,67,75-76H,4,7-8,14,22-38,40-41H2,1-2H3,(H,68,81)(H,78,79)(H,69,77,80)/t49-,50-,54?/m1/s1.